The third-order valence-corrected chi connectivity index (χ3v) is 3.02. The molecule has 0 heterocycles. The van der Waals surface area contributed by atoms with Crippen molar-refractivity contribution in [3.05, 3.63) is 42.2 Å². The Balaban J connectivity index is 2.99. The second kappa shape index (κ2) is 3.29. The van der Waals surface area contributed by atoms with Crippen molar-refractivity contribution in [3.8, 4) is 0 Å². The normalized spacial score (nSPS) is 11.9. The second-order valence-corrected chi connectivity index (χ2v) is 4.43. The van der Waals surface area contributed by atoms with Gasteiger partial charge in [-0.15, -0.1) is 0 Å². The van der Waals surface area contributed by atoms with E-state index in [9.17, 15) is 12.8 Å². The van der Waals surface area contributed by atoms with E-state index in [1.54, 1.807) is 18.2 Å². The summed E-state index contributed by atoms with van der Waals surface area (Å²) in [6, 6.07) is 8.85. The van der Waals surface area contributed by atoms with Gasteiger partial charge in [0.15, 0.2) is 0 Å². The van der Waals surface area contributed by atoms with Gasteiger partial charge < -0.3 is 0 Å². The fraction of sp³-hybridized carbons (Fsp3) is 0. The molecule has 0 aliphatic rings. The van der Waals surface area contributed by atoms with Crippen molar-refractivity contribution in [2.24, 2.45) is 0 Å². The van der Waals surface area contributed by atoms with Crippen LogP contribution in [0.15, 0.2) is 41.3 Å². The van der Waals surface area contributed by atoms with E-state index < -0.39 is 20.8 Å². The van der Waals surface area contributed by atoms with Crippen LogP contribution in [0, 0.1) is 5.82 Å². The van der Waals surface area contributed by atoms with E-state index in [-0.39, 0.29) is 5.39 Å². The summed E-state index contributed by atoms with van der Waals surface area (Å²) >= 11 is 0. The van der Waals surface area contributed by atoms with Gasteiger partial charge in [-0.05, 0) is 11.5 Å². The molecule has 0 amide bonds. The van der Waals surface area contributed by atoms with Gasteiger partial charge in [-0.25, -0.2) is 4.39 Å². The average molecular weight is 226 g/mol. The first-order valence-corrected chi connectivity index (χ1v) is 5.59. The van der Waals surface area contributed by atoms with E-state index in [0.717, 1.165) is 6.07 Å². The Morgan fingerprint density at radius 2 is 1.73 bits per heavy atom. The van der Waals surface area contributed by atoms with Gasteiger partial charge in [0.1, 0.15) is 10.7 Å². The van der Waals surface area contributed by atoms with Gasteiger partial charge in [-0.3, -0.25) is 4.55 Å². The second-order valence-electron chi connectivity index (χ2n) is 3.07. The van der Waals surface area contributed by atoms with E-state index in [1.165, 1.54) is 12.1 Å². The third kappa shape index (κ3) is 1.71. The maximum absolute atomic E-state index is 13.3. The first kappa shape index (κ1) is 10.1. The number of hydrogen-bond donors (Lipinski definition) is 1. The third-order valence-electron chi connectivity index (χ3n) is 2.09. The van der Waals surface area contributed by atoms with Crippen LogP contribution in [0.2, 0.25) is 0 Å². The molecule has 0 radical (unpaired) electrons. The number of rotatable bonds is 1. The molecule has 0 saturated carbocycles. The van der Waals surface area contributed by atoms with E-state index >= 15 is 0 Å². The van der Waals surface area contributed by atoms with Gasteiger partial charge >= 0.3 is 0 Å². The molecule has 0 aromatic heterocycles. The first-order valence-electron chi connectivity index (χ1n) is 4.15. The van der Waals surface area contributed by atoms with Gasteiger partial charge in [0, 0.05) is 5.39 Å². The maximum atomic E-state index is 13.3. The van der Waals surface area contributed by atoms with Gasteiger partial charge in [0.05, 0.1) is 0 Å². The molecule has 3 nitrogen and oxygen atoms in total. The molecular formula is C10H7FO3S. The summed E-state index contributed by atoms with van der Waals surface area (Å²) in [5, 5.41) is 0.742. The first-order chi connectivity index (χ1) is 7.00. The summed E-state index contributed by atoms with van der Waals surface area (Å²) in [5.74, 6) is -0.948. The molecule has 15 heavy (non-hydrogen) atoms. The van der Waals surface area contributed by atoms with Crippen LogP contribution < -0.4 is 0 Å². The highest BCUT2D eigenvalue weighted by Gasteiger charge is 2.18. The van der Waals surface area contributed by atoms with Gasteiger partial charge in [0.2, 0.25) is 0 Å². The lowest BCUT2D eigenvalue weighted by molar-refractivity contribution is 0.475. The average Bonchev–Trinajstić information content (AvgIpc) is 2.15. The number of fused-ring (bicyclic) bond motifs is 1. The smallest absolute Gasteiger partial charge is 0.282 e. The Bertz CT molecular complexity index is 620. The zero-order chi connectivity index (χ0) is 11.1. The van der Waals surface area contributed by atoms with Crippen molar-refractivity contribution >= 4 is 20.9 Å². The van der Waals surface area contributed by atoms with Gasteiger partial charge in [0.25, 0.3) is 10.1 Å². The van der Waals surface area contributed by atoms with Crippen molar-refractivity contribution in [3.63, 3.8) is 0 Å². The number of hydrogen-bond acceptors (Lipinski definition) is 2. The Morgan fingerprint density at radius 3 is 2.40 bits per heavy atom. The van der Waals surface area contributed by atoms with Gasteiger partial charge in [-0.1, -0.05) is 30.3 Å². The molecule has 0 aliphatic carbocycles. The van der Waals surface area contributed by atoms with E-state index in [2.05, 4.69) is 0 Å². The molecule has 5 heteroatoms. The Morgan fingerprint density at radius 1 is 1.07 bits per heavy atom. The summed E-state index contributed by atoms with van der Waals surface area (Å²) in [4.78, 5) is -0.666. The standard InChI is InChI=1S/C10H7FO3S/c11-9-6-5-7-3-1-2-4-8(7)10(9)15(12,13)14/h1-6H,(H,12,13,14). The summed E-state index contributed by atoms with van der Waals surface area (Å²) in [6.45, 7) is 0. The van der Waals surface area contributed by atoms with Crippen LogP contribution in [0.25, 0.3) is 10.8 Å². The van der Waals surface area contributed by atoms with Crippen LogP contribution in [0.5, 0.6) is 0 Å². The number of benzene rings is 2. The largest absolute Gasteiger partial charge is 0.298 e. The highest BCUT2D eigenvalue weighted by Crippen LogP contribution is 2.25. The van der Waals surface area contributed by atoms with Crippen molar-refractivity contribution in [2.45, 2.75) is 4.90 Å². The minimum absolute atomic E-state index is 0.181. The highest BCUT2D eigenvalue weighted by molar-refractivity contribution is 7.86. The fourth-order valence-electron chi connectivity index (χ4n) is 1.48. The van der Waals surface area contributed by atoms with Crippen LogP contribution in [0.4, 0.5) is 4.39 Å². The summed E-state index contributed by atoms with van der Waals surface area (Å²) < 4.78 is 44.1. The Kier molecular flexibility index (Phi) is 2.21. The molecule has 0 aliphatic heterocycles. The van der Waals surface area contributed by atoms with Crippen molar-refractivity contribution in [2.75, 3.05) is 0 Å². The van der Waals surface area contributed by atoms with Crippen LogP contribution in [0.1, 0.15) is 0 Å². The zero-order valence-electron chi connectivity index (χ0n) is 7.51. The topological polar surface area (TPSA) is 54.4 Å². The lowest BCUT2D eigenvalue weighted by Crippen LogP contribution is -2.02. The Labute approximate surface area is 85.9 Å². The lowest BCUT2D eigenvalue weighted by atomic mass is 10.1. The highest BCUT2D eigenvalue weighted by atomic mass is 32.2. The fourth-order valence-corrected chi connectivity index (χ4v) is 2.26. The van der Waals surface area contributed by atoms with Crippen LogP contribution >= 0.6 is 0 Å². The van der Waals surface area contributed by atoms with Gasteiger partial charge in [-0.2, -0.15) is 8.42 Å². The number of halogens is 1. The van der Waals surface area contributed by atoms with Crippen molar-refractivity contribution in [1.29, 1.82) is 0 Å². The minimum atomic E-state index is -4.54. The zero-order valence-corrected chi connectivity index (χ0v) is 8.33. The molecule has 1 N–H and O–H groups in total. The van der Waals surface area contributed by atoms with E-state index in [0.29, 0.717) is 5.39 Å². The molecule has 0 atom stereocenters. The molecule has 2 aromatic rings. The summed E-state index contributed by atoms with van der Waals surface area (Å²) in [5.41, 5.74) is 0. The SMILES string of the molecule is O=S(=O)(O)c1c(F)ccc2ccccc12. The van der Waals surface area contributed by atoms with Crippen LogP contribution in [0.3, 0.4) is 0 Å². The lowest BCUT2D eigenvalue weighted by Gasteiger charge is -2.04. The van der Waals surface area contributed by atoms with Crippen LogP contribution in [-0.2, 0) is 10.1 Å². The minimum Gasteiger partial charge on any atom is -0.282 e. The molecule has 78 valence electrons. The molecule has 2 aromatic carbocycles. The van der Waals surface area contributed by atoms with E-state index in [1.807, 2.05) is 0 Å². The molecule has 0 saturated heterocycles. The molecule has 0 bridgehead atoms. The Hall–Kier alpha value is -1.46. The maximum Gasteiger partial charge on any atom is 0.298 e. The predicted octanol–water partition coefficient (Wildman–Crippen LogP) is 2.23. The van der Waals surface area contributed by atoms with E-state index in [4.69, 9.17) is 4.55 Å². The molecule has 0 fully saturated rings. The van der Waals surface area contributed by atoms with Crippen molar-refractivity contribution in [1.82, 2.24) is 0 Å². The molecular weight excluding hydrogens is 219 g/mol. The molecule has 0 unspecified atom stereocenters. The van der Waals surface area contributed by atoms with Crippen LogP contribution in [-0.4, -0.2) is 13.0 Å². The summed E-state index contributed by atoms with van der Waals surface area (Å²) in [6.07, 6.45) is 0. The monoisotopic (exact) mass is 226 g/mol. The quantitative estimate of drug-likeness (QED) is 0.758. The summed E-state index contributed by atoms with van der Waals surface area (Å²) in [7, 11) is -4.54. The molecule has 0 spiro atoms. The van der Waals surface area contributed by atoms with Crippen molar-refractivity contribution < 1.29 is 17.4 Å². The molecule has 2 rings (SSSR count). The predicted molar refractivity (Wildman–Crippen MR) is 53.7 cm³/mol.